The van der Waals surface area contributed by atoms with Gasteiger partial charge in [-0.25, -0.2) is 14.0 Å². The number of urea groups is 1. The summed E-state index contributed by atoms with van der Waals surface area (Å²) in [4.78, 5) is 23.0. The summed E-state index contributed by atoms with van der Waals surface area (Å²) in [6.07, 6.45) is 0. The van der Waals surface area contributed by atoms with E-state index in [2.05, 4.69) is 26.6 Å². The fourth-order valence-electron chi connectivity index (χ4n) is 1.67. The lowest BCUT2D eigenvalue weighted by atomic mass is 10.2. The molecule has 0 saturated carbocycles. The van der Waals surface area contributed by atoms with Gasteiger partial charge in [-0.2, -0.15) is 0 Å². The molecule has 0 bridgehead atoms. The smallest absolute Gasteiger partial charge is 0.337 e. The van der Waals surface area contributed by atoms with Gasteiger partial charge in [0.05, 0.1) is 11.3 Å². The first-order valence-corrected chi connectivity index (χ1v) is 6.62. The molecule has 0 spiro atoms. The van der Waals surface area contributed by atoms with Crippen molar-refractivity contribution in [3.63, 3.8) is 0 Å². The number of nitrogens with one attached hydrogen (secondary N) is 2. The largest absolute Gasteiger partial charge is 0.478 e. The predicted molar refractivity (Wildman–Crippen MR) is 80.1 cm³/mol. The minimum atomic E-state index is -1.17. The van der Waals surface area contributed by atoms with Crippen LogP contribution in [-0.4, -0.2) is 17.1 Å². The second-order valence-corrected chi connectivity index (χ2v) is 4.91. The molecule has 5 nitrogen and oxygen atoms in total. The Morgan fingerprint density at radius 1 is 1.10 bits per heavy atom. The Morgan fingerprint density at radius 2 is 1.81 bits per heavy atom. The average Bonchev–Trinajstić information content (AvgIpc) is 2.40. The first kappa shape index (κ1) is 15.0. The van der Waals surface area contributed by atoms with Crippen molar-refractivity contribution in [2.45, 2.75) is 0 Å². The molecule has 0 atom stereocenters. The van der Waals surface area contributed by atoms with Gasteiger partial charge in [-0.15, -0.1) is 0 Å². The molecule has 7 heteroatoms. The van der Waals surface area contributed by atoms with Crippen molar-refractivity contribution in [1.82, 2.24) is 0 Å². The number of anilines is 2. The van der Waals surface area contributed by atoms with E-state index in [0.29, 0.717) is 4.47 Å². The fourth-order valence-corrected chi connectivity index (χ4v) is 2.14. The monoisotopic (exact) mass is 352 g/mol. The quantitative estimate of drug-likeness (QED) is 0.782. The van der Waals surface area contributed by atoms with Crippen molar-refractivity contribution >= 4 is 39.3 Å². The lowest BCUT2D eigenvalue weighted by molar-refractivity contribution is 0.0698. The van der Waals surface area contributed by atoms with E-state index in [0.717, 1.165) is 6.07 Å². The van der Waals surface area contributed by atoms with Gasteiger partial charge < -0.3 is 15.7 Å². The van der Waals surface area contributed by atoms with Crippen molar-refractivity contribution < 1.29 is 19.1 Å². The summed E-state index contributed by atoms with van der Waals surface area (Å²) < 4.78 is 13.4. The number of carbonyl (C=O) groups is 2. The van der Waals surface area contributed by atoms with Crippen LogP contribution in [0.1, 0.15) is 10.4 Å². The van der Waals surface area contributed by atoms with Crippen molar-refractivity contribution in [2.24, 2.45) is 0 Å². The Morgan fingerprint density at radius 3 is 2.48 bits per heavy atom. The van der Waals surface area contributed by atoms with E-state index >= 15 is 0 Å². The lowest BCUT2D eigenvalue weighted by Gasteiger charge is -2.11. The van der Waals surface area contributed by atoms with Gasteiger partial charge in [0.15, 0.2) is 0 Å². The normalized spacial score (nSPS) is 10.0. The number of halogens is 2. The van der Waals surface area contributed by atoms with E-state index < -0.39 is 17.8 Å². The molecule has 3 N–H and O–H groups in total. The van der Waals surface area contributed by atoms with E-state index in [4.69, 9.17) is 5.11 Å². The predicted octanol–water partition coefficient (Wildman–Crippen LogP) is 3.93. The Bertz CT molecular complexity index is 706. The van der Waals surface area contributed by atoms with E-state index in [1.54, 1.807) is 12.1 Å². The number of para-hydroxylation sites is 1. The van der Waals surface area contributed by atoms with E-state index in [9.17, 15) is 14.0 Å². The molecule has 0 aromatic heterocycles. The molecule has 2 aromatic carbocycles. The molecule has 108 valence electrons. The van der Waals surface area contributed by atoms with Crippen molar-refractivity contribution in [3.8, 4) is 0 Å². The van der Waals surface area contributed by atoms with Gasteiger partial charge in [0.2, 0.25) is 0 Å². The maximum atomic E-state index is 13.0. The molecule has 0 heterocycles. The van der Waals surface area contributed by atoms with Crippen LogP contribution in [-0.2, 0) is 0 Å². The van der Waals surface area contributed by atoms with Crippen molar-refractivity contribution in [2.75, 3.05) is 10.6 Å². The number of carboxylic acids is 1. The van der Waals surface area contributed by atoms with Gasteiger partial charge >= 0.3 is 12.0 Å². The highest BCUT2D eigenvalue weighted by atomic mass is 79.9. The Balaban J connectivity index is 2.18. The first-order valence-electron chi connectivity index (χ1n) is 5.83. The van der Waals surface area contributed by atoms with Gasteiger partial charge in [0, 0.05) is 10.2 Å². The van der Waals surface area contributed by atoms with Crippen LogP contribution in [0.4, 0.5) is 20.6 Å². The molecular formula is C14H10BrFN2O3. The number of rotatable bonds is 3. The van der Waals surface area contributed by atoms with Crippen LogP contribution in [0.25, 0.3) is 0 Å². The number of carboxylic acid groups (broad SMARTS) is 1. The summed E-state index contributed by atoms with van der Waals surface area (Å²) in [7, 11) is 0. The SMILES string of the molecule is O=C(Nc1cccc(F)c1)Nc1c(Br)cccc1C(=O)O. The summed E-state index contributed by atoms with van der Waals surface area (Å²) >= 11 is 3.18. The van der Waals surface area contributed by atoms with E-state index in [1.165, 1.54) is 24.3 Å². The third-order valence-electron chi connectivity index (χ3n) is 2.57. The van der Waals surface area contributed by atoms with Crippen LogP contribution in [0.5, 0.6) is 0 Å². The summed E-state index contributed by atoms with van der Waals surface area (Å²) in [5.41, 5.74) is 0.328. The molecule has 2 amide bonds. The molecule has 0 radical (unpaired) electrons. The van der Waals surface area contributed by atoms with Gasteiger partial charge in [-0.05, 0) is 46.3 Å². The third-order valence-corrected chi connectivity index (χ3v) is 3.23. The highest BCUT2D eigenvalue weighted by molar-refractivity contribution is 9.10. The summed E-state index contributed by atoms with van der Waals surface area (Å²) in [5.74, 6) is -1.66. The zero-order chi connectivity index (χ0) is 15.4. The van der Waals surface area contributed by atoms with Crippen molar-refractivity contribution in [1.29, 1.82) is 0 Å². The summed E-state index contributed by atoms with van der Waals surface area (Å²) in [5, 5.41) is 13.9. The zero-order valence-electron chi connectivity index (χ0n) is 10.6. The maximum Gasteiger partial charge on any atom is 0.337 e. The minimum Gasteiger partial charge on any atom is -0.478 e. The van der Waals surface area contributed by atoms with Gasteiger partial charge in [-0.1, -0.05) is 12.1 Å². The number of aromatic carboxylic acids is 1. The molecule has 2 rings (SSSR count). The van der Waals surface area contributed by atoms with E-state index in [1.807, 2.05) is 0 Å². The maximum absolute atomic E-state index is 13.0. The molecule has 21 heavy (non-hydrogen) atoms. The van der Waals surface area contributed by atoms with Crippen LogP contribution in [0, 0.1) is 5.82 Å². The molecule has 0 saturated heterocycles. The van der Waals surface area contributed by atoms with Gasteiger partial charge in [0.25, 0.3) is 0 Å². The fraction of sp³-hybridized carbons (Fsp3) is 0. The van der Waals surface area contributed by atoms with E-state index in [-0.39, 0.29) is 16.9 Å². The lowest BCUT2D eigenvalue weighted by Crippen LogP contribution is -2.21. The molecule has 0 fully saturated rings. The number of hydrogen-bond acceptors (Lipinski definition) is 2. The van der Waals surface area contributed by atoms with Crippen LogP contribution >= 0.6 is 15.9 Å². The Labute approximate surface area is 127 Å². The van der Waals surface area contributed by atoms with Crippen molar-refractivity contribution in [3.05, 3.63) is 58.3 Å². The Kier molecular flexibility index (Phi) is 4.54. The van der Waals surface area contributed by atoms with Crippen LogP contribution in [0.2, 0.25) is 0 Å². The molecule has 0 aliphatic rings. The third kappa shape index (κ3) is 3.79. The van der Waals surface area contributed by atoms with Gasteiger partial charge in [-0.3, -0.25) is 0 Å². The van der Waals surface area contributed by atoms with Crippen LogP contribution < -0.4 is 10.6 Å². The Hall–Kier alpha value is -2.41. The summed E-state index contributed by atoms with van der Waals surface area (Å²) in [6, 6.07) is 9.21. The van der Waals surface area contributed by atoms with Crippen LogP contribution in [0.15, 0.2) is 46.9 Å². The number of carbonyl (C=O) groups excluding carboxylic acids is 1. The number of benzene rings is 2. The molecule has 0 aliphatic heterocycles. The molecule has 0 aliphatic carbocycles. The minimum absolute atomic E-state index is 0.0567. The standard InChI is InChI=1S/C14H10BrFN2O3/c15-11-6-2-5-10(13(19)20)12(11)18-14(21)17-9-4-1-3-8(16)7-9/h1-7H,(H,19,20)(H2,17,18,21). The zero-order valence-corrected chi connectivity index (χ0v) is 12.1. The second-order valence-electron chi connectivity index (χ2n) is 4.06. The van der Waals surface area contributed by atoms with Gasteiger partial charge in [0.1, 0.15) is 5.82 Å². The molecule has 0 unspecified atom stereocenters. The topological polar surface area (TPSA) is 78.4 Å². The molecular weight excluding hydrogens is 343 g/mol. The number of amides is 2. The van der Waals surface area contributed by atoms with Crippen LogP contribution in [0.3, 0.4) is 0 Å². The average molecular weight is 353 g/mol. The second kappa shape index (κ2) is 6.36. The highest BCUT2D eigenvalue weighted by Crippen LogP contribution is 2.26. The highest BCUT2D eigenvalue weighted by Gasteiger charge is 2.15. The summed E-state index contributed by atoms with van der Waals surface area (Å²) in [6.45, 7) is 0. The number of hydrogen-bond donors (Lipinski definition) is 3. The first-order chi connectivity index (χ1) is 9.97. The molecule has 2 aromatic rings.